The van der Waals surface area contributed by atoms with E-state index in [1.165, 1.54) is 17.9 Å². The van der Waals surface area contributed by atoms with Crippen molar-refractivity contribution in [1.82, 2.24) is 0 Å². The van der Waals surface area contributed by atoms with Crippen molar-refractivity contribution in [3.8, 4) is 0 Å². The van der Waals surface area contributed by atoms with Gasteiger partial charge in [0.25, 0.3) is 0 Å². The molecule has 9 heavy (non-hydrogen) atoms. The summed E-state index contributed by atoms with van der Waals surface area (Å²) in [5, 5.41) is 0. The van der Waals surface area contributed by atoms with Crippen molar-refractivity contribution in [1.29, 1.82) is 0 Å². The lowest BCUT2D eigenvalue weighted by atomic mass is 10.2. The zero-order valence-electron chi connectivity index (χ0n) is 5.93. The first-order valence-corrected chi connectivity index (χ1v) is 4.74. The average molecular weight is 146 g/mol. The van der Waals surface area contributed by atoms with Crippen molar-refractivity contribution in [2.24, 2.45) is 5.92 Å². The molecule has 0 aromatic rings. The van der Waals surface area contributed by atoms with Gasteiger partial charge < -0.3 is 4.74 Å². The second-order valence-electron chi connectivity index (χ2n) is 2.39. The van der Waals surface area contributed by atoms with E-state index in [-0.39, 0.29) is 0 Å². The molecule has 0 bridgehead atoms. The Labute approximate surface area is 61.2 Å². The Hall–Kier alpha value is 0.310. The van der Waals surface area contributed by atoms with Crippen LogP contribution in [-0.4, -0.2) is 24.7 Å². The third-order valence-corrected chi connectivity index (χ3v) is 2.70. The molecule has 0 N–H and O–H groups in total. The number of thioether (sulfide) groups is 1. The number of rotatable bonds is 3. The molecule has 0 aromatic carbocycles. The lowest BCUT2D eigenvalue weighted by Gasteiger charge is -2.03. The maximum atomic E-state index is 5.24. The Kier molecular flexibility index (Phi) is 3.44. The van der Waals surface area contributed by atoms with Gasteiger partial charge in [-0.1, -0.05) is 6.92 Å². The van der Waals surface area contributed by atoms with E-state index in [1.807, 2.05) is 11.8 Å². The Bertz CT molecular complexity index is 69.3. The van der Waals surface area contributed by atoms with Crippen LogP contribution >= 0.6 is 11.8 Å². The highest BCUT2D eigenvalue weighted by atomic mass is 32.2. The normalized spacial score (nSPS) is 27.0. The molecule has 0 radical (unpaired) electrons. The van der Waals surface area contributed by atoms with Crippen molar-refractivity contribution >= 4 is 11.8 Å². The van der Waals surface area contributed by atoms with Crippen LogP contribution in [-0.2, 0) is 4.74 Å². The molecular weight excluding hydrogens is 132 g/mol. The molecule has 0 aliphatic carbocycles. The maximum absolute atomic E-state index is 5.24. The Morgan fingerprint density at radius 1 is 1.67 bits per heavy atom. The maximum Gasteiger partial charge on any atom is 0.0503 e. The van der Waals surface area contributed by atoms with Crippen molar-refractivity contribution < 1.29 is 4.74 Å². The Morgan fingerprint density at radius 3 is 3.11 bits per heavy atom. The molecule has 0 spiro atoms. The quantitative estimate of drug-likeness (QED) is 0.600. The van der Waals surface area contributed by atoms with Crippen molar-refractivity contribution in [3.63, 3.8) is 0 Å². The molecule has 1 nitrogen and oxygen atoms in total. The summed E-state index contributed by atoms with van der Waals surface area (Å²) in [5.74, 6) is 3.41. The van der Waals surface area contributed by atoms with E-state index >= 15 is 0 Å². The van der Waals surface area contributed by atoms with Crippen LogP contribution in [0.15, 0.2) is 0 Å². The first-order valence-electron chi connectivity index (χ1n) is 3.59. The van der Waals surface area contributed by atoms with E-state index in [2.05, 4.69) is 6.92 Å². The minimum atomic E-state index is 0.856. The standard InChI is InChI=1S/C7H14OS/c1-2-9-6-7-3-4-8-5-7/h7H,2-6H2,1H3. The molecule has 0 saturated carbocycles. The third-order valence-electron chi connectivity index (χ3n) is 1.58. The molecule has 1 unspecified atom stereocenters. The van der Waals surface area contributed by atoms with E-state index in [1.54, 1.807) is 0 Å². The molecule has 1 rings (SSSR count). The van der Waals surface area contributed by atoms with Gasteiger partial charge in [-0.2, -0.15) is 11.8 Å². The van der Waals surface area contributed by atoms with Crippen molar-refractivity contribution in [2.45, 2.75) is 13.3 Å². The molecule has 1 aliphatic rings. The molecule has 54 valence electrons. The van der Waals surface area contributed by atoms with Gasteiger partial charge in [0.05, 0.1) is 6.61 Å². The monoisotopic (exact) mass is 146 g/mol. The number of ether oxygens (including phenoxy) is 1. The van der Waals surface area contributed by atoms with Gasteiger partial charge in [0.2, 0.25) is 0 Å². The van der Waals surface area contributed by atoms with Gasteiger partial charge in [-0.25, -0.2) is 0 Å². The smallest absolute Gasteiger partial charge is 0.0503 e. The summed E-state index contributed by atoms with van der Waals surface area (Å²) in [7, 11) is 0. The number of hydrogen-bond donors (Lipinski definition) is 0. The van der Waals surface area contributed by atoms with Crippen LogP contribution in [0.1, 0.15) is 13.3 Å². The molecule has 2 heteroatoms. The highest BCUT2D eigenvalue weighted by Crippen LogP contribution is 2.17. The van der Waals surface area contributed by atoms with Crippen molar-refractivity contribution in [2.75, 3.05) is 24.7 Å². The predicted octanol–water partition coefficient (Wildman–Crippen LogP) is 1.78. The second kappa shape index (κ2) is 4.18. The van der Waals surface area contributed by atoms with E-state index in [0.29, 0.717) is 0 Å². The minimum absolute atomic E-state index is 0.856. The van der Waals surface area contributed by atoms with Crippen LogP contribution in [0.5, 0.6) is 0 Å². The minimum Gasteiger partial charge on any atom is -0.381 e. The van der Waals surface area contributed by atoms with E-state index in [0.717, 1.165) is 19.1 Å². The average Bonchev–Trinajstić information content (AvgIpc) is 2.34. The lowest BCUT2D eigenvalue weighted by Crippen LogP contribution is -2.01. The summed E-state index contributed by atoms with van der Waals surface area (Å²) in [5.41, 5.74) is 0. The molecule has 1 saturated heterocycles. The van der Waals surface area contributed by atoms with Gasteiger partial charge in [0.15, 0.2) is 0 Å². The molecular formula is C7H14OS. The second-order valence-corrected chi connectivity index (χ2v) is 3.71. The fourth-order valence-corrected chi connectivity index (χ4v) is 1.83. The summed E-state index contributed by atoms with van der Waals surface area (Å²) in [6, 6.07) is 0. The number of hydrogen-bond acceptors (Lipinski definition) is 2. The molecule has 1 heterocycles. The molecule has 1 fully saturated rings. The Balaban J connectivity index is 1.98. The van der Waals surface area contributed by atoms with E-state index in [4.69, 9.17) is 4.74 Å². The largest absolute Gasteiger partial charge is 0.381 e. The van der Waals surface area contributed by atoms with Gasteiger partial charge in [0, 0.05) is 6.61 Å². The highest BCUT2D eigenvalue weighted by Gasteiger charge is 2.14. The molecule has 0 aromatic heterocycles. The topological polar surface area (TPSA) is 9.23 Å². The van der Waals surface area contributed by atoms with Crippen LogP contribution < -0.4 is 0 Å². The predicted molar refractivity (Wildman–Crippen MR) is 41.9 cm³/mol. The van der Waals surface area contributed by atoms with Crippen LogP contribution in [0.2, 0.25) is 0 Å². The lowest BCUT2D eigenvalue weighted by molar-refractivity contribution is 0.189. The summed E-state index contributed by atoms with van der Waals surface area (Å²) in [4.78, 5) is 0. The van der Waals surface area contributed by atoms with E-state index < -0.39 is 0 Å². The fourth-order valence-electron chi connectivity index (χ4n) is 0.999. The van der Waals surface area contributed by atoms with Gasteiger partial charge in [-0.15, -0.1) is 0 Å². The summed E-state index contributed by atoms with van der Waals surface area (Å²) >= 11 is 2.03. The van der Waals surface area contributed by atoms with Gasteiger partial charge in [-0.3, -0.25) is 0 Å². The summed E-state index contributed by atoms with van der Waals surface area (Å²) in [6.07, 6.45) is 1.28. The Morgan fingerprint density at radius 2 is 2.56 bits per heavy atom. The molecule has 1 atom stereocenters. The van der Waals surface area contributed by atoms with Gasteiger partial charge in [-0.05, 0) is 23.8 Å². The van der Waals surface area contributed by atoms with Crippen LogP contribution in [0.25, 0.3) is 0 Å². The summed E-state index contributed by atoms with van der Waals surface area (Å²) < 4.78 is 5.24. The van der Waals surface area contributed by atoms with Gasteiger partial charge >= 0.3 is 0 Å². The van der Waals surface area contributed by atoms with Crippen LogP contribution in [0.3, 0.4) is 0 Å². The van der Waals surface area contributed by atoms with Gasteiger partial charge in [0.1, 0.15) is 0 Å². The zero-order chi connectivity index (χ0) is 6.53. The highest BCUT2D eigenvalue weighted by molar-refractivity contribution is 7.99. The molecule has 0 amide bonds. The SMILES string of the molecule is CCSCC1CCOC1. The third kappa shape index (κ3) is 2.59. The molecule has 1 aliphatic heterocycles. The van der Waals surface area contributed by atoms with Crippen molar-refractivity contribution in [3.05, 3.63) is 0 Å². The van der Waals surface area contributed by atoms with Crippen LogP contribution in [0.4, 0.5) is 0 Å². The van der Waals surface area contributed by atoms with E-state index in [9.17, 15) is 0 Å². The first kappa shape index (κ1) is 7.42. The zero-order valence-corrected chi connectivity index (χ0v) is 6.75. The first-order chi connectivity index (χ1) is 4.43. The fraction of sp³-hybridized carbons (Fsp3) is 1.00. The van der Waals surface area contributed by atoms with Crippen LogP contribution in [0, 0.1) is 5.92 Å². The summed E-state index contributed by atoms with van der Waals surface area (Å²) in [6.45, 7) is 4.21.